The number of rotatable bonds is 16. The van der Waals surface area contributed by atoms with Gasteiger partial charge in [0.25, 0.3) is 0 Å². The Balaban J connectivity index is 0.960. The maximum absolute atomic E-state index is 12.9. The second kappa shape index (κ2) is 14.4. The Labute approximate surface area is 268 Å². The lowest BCUT2D eigenvalue weighted by molar-refractivity contribution is -0.139. The fourth-order valence-electron chi connectivity index (χ4n) is 8.65. The van der Waals surface area contributed by atoms with Gasteiger partial charge in [0.1, 0.15) is 6.29 Å². The number of carbonyl (C=O) groups excluding carboxylic acids is 2. The minimum atomic E-state index is -0.455. The van der Waals surface area contributed by atoms with Crippen LogP contribution in [-0.4, -0.2) is 70.8 Å². The summed E-state index contributed by atoms with van der Waals surface area (Å²) in [4.78, 5) is 30.5. The Kier molecular flexibility index (Phi) is 10.3. The number of aliphatic hydroxyl groups is 2. The lowest BCUT2D eigenvalue weighted by Gasteiger charge is -2.39. The lowest BCUT2D eigenvalue weighted by atomic mass is 9.80. The van der Waals surface area contributed by atoms with Crippen molar-refractivity contribution in [1.29, 1.82) is 0 Å². The highest BCUT2D eigenvalue weighted by Crippen LogP contribution is 2.44. The van der Waals surface area contributed by atoms with E-state index in [0.29, 0.717) is 25.5 Å². The summed E-state index contributed by atoms with van der Waals surface area (Å²) in [7, 11) is 2.18. The number of likely N-dealkylation sites (N-methyl/N-ethyl adjacent to an activating group) is 1. The van der Waals surface area contributed by atoms with Crippen molar-refractivity contribution in [3.05, 3.63) is 52.7 Å². The van der Waals surface area contributed by atoms with Crippen LogP contribution < -0.4 is 0 Å². The summed E-state index contributed by atoms with van der Waals surface area (Å²) in [6.07, 6.45) is 16.4. The Bertz CT molecular complexity index is 1420. The van der Waals surface area contributed by atoms with Gasteiger partial charge < -0.3 is 24.7 Å². The van der Waals surface area contributed by atoms with Crippen molar-refractivity contribution in [1.82, 2.24) is 9.88 Å². The van der Waals surface area contributed by atoms with Gasteiger partial charge in [-0.1, -0.05) is 56.4 Å². The molecule has 1 aromatic carbocycles. The average molecular weight is 617 g/mol. The van der Waals surface area contributed by atoms with Crippen molar-refractivity contribution in [2.24, 2.45) is 23.7 Å². The largest absolute Gasteiger partial charge is 0.462 e. The van der Waals surface area contributed by atoms with E-state index in [4.69, 9.17) is 4.74 Å². The number of aldehydes is 1. The summed E-state index contributed by atoms with van der Waals surface area (Å²) in [6.45, 7) is 3.44. The molecular formula is C38H52N2O5. The average Bonchev–Trinajstić information content (AvgIpc) is 3.59. The third kappa shape index (κ3) is 7.16. The zero-order chi connectivity index (χ0) is 31.5. The summed E-state index contributed by atoms with van der Waals surface area (Å²) in [5, 5.41) is 22.4. The van der Waals surface area contributed by atoms with Gasteiger partial charge in [0.05, 0.1) is 18.8 Å². The molecule has 7 atom stereocenters. The molecule has 1 fully saturated rings. The Morgan fingerprint density at radius 2 is 2.02 bits per heavy atom. The summed E-state index contributed by atoms with van der Waals surface area (Å²) >= 11 is 0. The molecule has 7 nitrogen and oxygen atoms in total. The van der Waals surface area contributed by atoms with Crippen LogP contribution >= 0.6 is 0 Å². The van der Waals surface area contributed by atoms with Gasteiger partial charge in [-0.05, 0) is 93.0 Å². The number of esters is 1. The van der Waals surface area contributed by atoms with Crippen LogP contribution in [0.2, 0.25) is 0 Å². The number of unbranched alkanes of at least 4 members (excludes halogenated alkanes) is 3. The molecule has 0 radical (unpaired) electrons. The zero-order valence-electron chi connectivity index (χ0n) is 27.2. The molecule has 0 amide bonds. The van der Waals surface area contributed by atoms with Crippen LogP contribution in [0.1, 0.15) is 95.1 Å². The van der Waals surface area contributed by atoms with Crippen molar-refractivity contribution in [3.63, 3.8) is 0 Å². The topological polar surface area (TPSA) is 103 Å². The molecule has 0 saturated heterocycles. The molecule has 0 unspecified atom stereocenters. The van der Waals surface area contributed by atoms with Gasteiger partial charge in [0, 0.05) is 53.5 Å². The van der Waals surface area contributed by atoms with Crippen molar-refractivity contribution in [2.75, 3.05) is 20.2 Å². The van der Waals surface area contributed by atoms with Crippen LogP contribution in [0, 0.1) is 23.7 Å². The minimum absolute atomic E-state index is 0.0855. The predicted octanol–water partition coefficient (Wildman–Crippen LogP) is 6.38. The van der Waals surface area contributed by atoms with E-state index in [0.717, 1.165) is 89.0 Å². The number of hydrogen-bond acceptors (Lipinski definition) is 6. The second-order valence-electron chi connectivity index (χ2n) is 14.3. The van der Waals surface area contributed by atoms with Gasteiger partial charge in [0.15, 0.2) is 0 Å². The van der Waals surface area contributed by atoms with Gasteiger partial charge in [-0.3, -0.25) is 4.90 Å². The second-order valence-corrected chi connectivity index (χ2v) is 14.3. The van der Waals surface area contributed by atoms with E-state index < -0.39 is 6.10 Å². The van der Waals surface area contributed by atoms with Gasteiger partial charge in [-0.15, -0.1) is 0 Å². The number of fused-ring (bicyclic) bond motifs is 2. The van der Waals surface area contributed by atoms with Crippen LogP contribution in [0.3, 0.4) is 0 Å². The standard InChI is InChI=1S/C38H52N2O5/c1-3-4-5-10-28(42)14-15-30-29(27(22-41)19-36(30)43)11-7-6-9-25-17-32(25)38(44)45-23-24-16-33-31-12-8-13-34-37(31)26(20-39-34)18-35(33)40(2)21-24/h8,12-13,16,20,22,24,27-30,35-36,39,42-43H,3-7,9-11,14-15,17-19,21,23H2,1-2H3/t24-,27+,28+,29+,30-,35-,36-/m1/s1. The molecule has 2 heterocycles. The number of allylic oxidation sites excluding steroid dienone is 1. The quantitative estimate of drug-likeness (QED) is 0.115. The molecule has 6 rings (SSSR count). The normalized spacial score (nSPS) is 28.2. The first-order valence-electron chi connectivity index (χ1n) is 17.6. The molecule has 2 aromatic rings. The molecule has 0 bridgehead atoms. The molecule has 1 aromatic heterocycles. The lowest BCUT2D eigenvalue weighted by Crippen LogP contribution is -2.43. The number of H-pyrrole nitrogens is 1. The van der Waals surface area contributed by atoms with Crippen LogP contribution in [-0.2, 0) is 20.7 Å². The molecule has 7 heteroatoms. The number of benzene rings is 1. The number of hydrogen-bond donors (Lipinski definition) is 3. The van der Waals surface area contributed by atoms with E-state index in [2.05, 4.69) is 54.3 Å². The fraction of sp³-hybridized carbons (Fsp3) is 0.632. The summed E-state index contributed by atoms with van der Waals surface area (Å²) in [6, 6.07) is 6.83. The molecule has 3 aliphatic carbocycles. The summed E-state index contributed by atoms with van der Waals surface area (Å²) in [5.41, 5.74) is 7.27. The molecule has 4 aliphatic rings. The number of aromatic amines is 1. The number of carbonyl (C=O) groups is 2. The van der Waals surface area contributed by atoms with E-state index >= 15 is 0 Å². The third-order valence-electron chi connectivity index (χ3n) is 11.2. The predicted molar refractivity (Wildman–Crippen MR) is 177 cm³/mol. The first-order valence-corrected chi connectivity index (χ1v) is 17.6. The molecule has 1 saturated carbocycles. The van der Waals surface area contributed by atoms with Crippen molar-refractivity contribution >= 4 is 28.7 Å². The maximum Gasteiger partial charge on any atom is 0.334 e. The molecule has 3 N–H and O–H groups in total. The SMILES string of the molecule is CCCCC[C@H](O)CC[C@@H]1[C@@H](CCCCC2=C(C(=O)OC[C@@H]3C=C4c5cccc6[nH]cc(c56)C[C@H]4N(C)C3)C2)[C@H](C=O)C[C@H]1O. The first-order chi connectivity index (χ1) is 21.9. The number of ether oxygens (including phenoxy) is 1. The number of aliphatic hydroxyl groups excluding tert-OH is 2. The highest BCUT2D eigenvalue weighted by atomic mass is 16.5. The van der Waals surface area contributed by atoms with Crippen LogP contribution in [0.25, 0.3) is 16.5 Å². The fourth-order valence-corrected chi connectivity index (χ4v) is 8.65. The number of aromatic nitrogens is 1. The van der Waals surface area contributed by atoms with Gasteiger partial charge >= 0.3 is 5.97 Å². The van der Waals surface area contributed by atoms with E-state index in [1.54, 1.807) is 0 Å². The van der Waals surface area contributed by atoms with Crippen LogP contribution in [0.4, 0.5) is 0 Å². The molecule has 244 valence electrons. The van der Waals surface area contributed by atoms with E-state index in [1.807, 2.05) is 0 Å². The van der Waals surface area contributed by atoms with E-state index in [1.165, 1.54) is 33.2 Å². The first kappa shape index (κ1) is 32.2. The van der Waals surface area contributed by atoms with Crippen LogP contribution in [0.15, 0.2) is 41.6 Å². The molecule has 45 heavy (non-hydrogen) atoms. The summed E-state index contributed by atoms with van der Waals surface area (Å²) in [5.74, 6) is 0.178. The Morgan fingerprint density at radius 1 is 1.16 bits per heavy atom. The van der Waals surface area contributed by atoms with E-state index in [9.17, 15) is 19.8 Å². The highest BCUT2D eigenvalue weighted by Gasteiger charge is 2.42. The van der Waals surface area contributed by atoms with Crippen molar-refractivity contribution in [2.45, 2.75) is 109 Å². The monoisotopic (exact) mass is 616 g/mol. The molecular weight excluding hydrogens is 564 g/mol. The Hall–Kier alpha value is -2.74. The minimum Gasteiger partial charge on any atom is -0.462 e. The van der Waals surface area contributed by atoms with Gasteiger partial charge in [-0.2, -0.15) is 0 Å². The summed E-state index contributed by atoms with van der Waals surface area (Å²) < 4.78 is 5.85. The third-order valence-corrected chi connectivity index (χ3v) is 11.2. The number of nitrogens with one attached hydrogen (secondary N) is 1. The van der Waals surface area contributed by atoms with Gasteiger partial charge in [0.2, 0.25) is 0 Å². The smallest absolute Gasteiger partial charge is 0.334 e. The van der Waals surface area contributed by atoms with Gasteiger partial charge in [-0.25, -0.2) is 4.79 Å². The van der Waals surface area contributed by atoms with Crippen molar-refractivity contribution < 1.29 is 24.5 Å². The molecule has 1 aliphatic heterocycles. The zero-order valence-corrected chi connectivity index (χ0v) is 27.2. The van der Waals surface area contributed by atoms with E-state index in [-0.39, 0.29) is 35.7 Å². The van der Waals surface area contributed by atoms with Crippen molar-refractivity contribution in [3.8, 4) is 0 Å². The maximum atomic E-state index is 12.9. The highest BCUT2D eigenvalue weighted by molar-refractivity contribution is 5.98. The van der Waals surface area contributed by atoms with Crippen LogP contribution in [0.5, 0.6) is 0 Å². The Morgan fingerprint density at radius 3 is 2.84 bits per heavy atom. The molecule has 0 spiro atoms. The number of nitrogens with zero attached hydrogens (tertiary/aromatic N) is 1.